The largest absolute Gasteiger partial charge is 0.481 e. The molecule has 0 rings (SSSR count). The minimum absolute atomic E-state index is 0.0833. The summed E-state index contributed by atoms with van der Waals surface area (Å²) < 4.78 is 7.95. The SMILES string of the molecule is CCSSO.O=C(O)CS.O=C(O)CS. The van der Waals surface area contributed by atoms with Crippen molar-refractivity contribution in [3.8, 4) is 0 Å². The second-order valence-corrected chi connectivity index (χ2v) is 4.33. The highest BCUT2D eigenvalue weighted by molar-refractivity contribution is 8.74. The van der Waals surface area contributed by atoms with Crippen LogP contribution in [0.4, 0.5) is 0 Å². The van der Waals surface area contributed by atoms with Crippen LogP contribution in [0.25, 0.3) is 0 Å². The van der Waals surface area contributed by atoms with E-state index in [1.165, 1.54) is 10.8 Å². The lowest BCUT2D eigenvalue weighted by Gasteiger charge is -1.77. The molecule has 5 nitrogen and oxygen atoms in total. The molecular formula is C6H14O5S4. The van der Waals surface area contributed by atoms with Crippen LogP contribution in [0.2, 0.25) is 0 Å². The molecule has 0 atom stereocenters. The Morgan fingerprint density at radius 2 is 1.40 bits per heavy atom. The van der Waals surface area contributed by atoms with Crippen molar-refractivity contribution in [2.24, 2.45) is 0 Å². The third kappa shape index (κ3) is 54.5. The van der Waals surface area contributed by atoms with Gasteiger partial charge in [-0.15, -0.1) is 0 Å². The Morgan fingerprint density at radius 1 is 1.13 bits per heavy atom. The Balaban J connectivity index is -0.000000144. The van der Waals surface area contributed by atoms with Crippen LogP contribution < -0.4 is 0 Å². The van der Waals surface area contributed by atoms with Crippen molar-refractivity contribution < 1.29 is 24.4 Å². The molecule has 0 amide bonds. The predicted molar refractivity (Wildman–Crippen MR) is 71.3 cm³/mol. The maximum absolute atomic E-state index is 9.29. The average molecular weight is 294 g/mol. The van der Waals surface area contributed by atoms with E-state index in [1.54, 1.807) is 0 Å². The summed E-state index contributed by atoms with van der Waals surface area (Å²) >= 11 is 7.65. The molecule has 0 bridgehead atoms. The van der Waals surface area contributed by atoms with Crippen molar-refractivity contribution in [3.05, 3.63) is 0 Å². The number of carbonyl (C=O) groups is 2. The lowest BCUT2D eigenvalue weighted by molar-refractivity contribution is -0.134. The summed E-state index contributed by atoms with van der Waals surface area (Å²) in [6, 6.07) is 0. The summed E-state index contributed by atoms with van der Waals surface area (Å²) in [7, 11) is 1.44. The van der Waals surface area contributed by atoms with Crippen LogP contribution in [0.5, 0.6) is 0 Å². The molecule has 0 unspecified atom stereocenters. The summed E-state index contributed by atoms with van der Waals surface area (Å²) in [6.45, 7) is 1.99. The summed E-state index contributed by atoms with van der Waals surface area (Å²) in [4.78, 5) is 18.6. The Labute approximate surface area is 107 Å². The second-order valence-electron chi connectivity index (χ2n) is 1.58. The fraction of sp³-hybridized carbons (Fsp3) is 0.667. The van der Waals surface area contributed by atoms with E-state index in [0.29, 0.717) is 0 Å². The highest BCUT2D eigenvalue weighted by atomic mass is 33.1. The van der Waals surface area contributed by atoms with E-state index in [-0.39, 0.29) is 11.5 Å². The second kappa shape index (κ2) is 19.8. The number of thiol groups is 2. The molecule has 15 heavy (non-hydrogen) atoms. The molecule has 0 aliphatic rings. The van der Waals surface area contributed by atoms with Gasteiger partial charge in [0.1, 0.15) is 0 Å². The Bertz CT molecular complexity index is 138. The van der Waals surface area contributed by atoms with Gasteiger partial charge in [0.25, 0.3) is 0 Å². The number of hydrogen-bond acceptors (Lipinski definition) is 7. The standard InChI is InChI=1S/2C2H4O2S.C2H6OS2/c2*3-2(4)1-5;1-2-4-5-3/h2*5H,1H2,(H,3,4);3H,2H2,1H3. The maximum Gasteiger partial charge on any atom is 0.313 e. The highest BCUT2D eigenvalue weighted by Gasteiger charge is 1.82. The summed E-state index contributed by atoms with van der Waals surface area (Å²) in [6.07, 6.45) is 0. The third-order valence-electron chi connectivity index (χ3n) is 0.441. The molecular weight excluding hydrogens is 280 g/mol. The molecule has 92 valence electrons. The molecule has 3 N–H and O–H groups in total. The number of rotatable bonds is 4. The maximum atomic E-state index is 9.29. The zero-order chi connectivity index (χ0) is 12.7. The molecule has 9 heteroatoms. The van der Waals surface area contributed by atoms with Crippen LogP contribution in [-0.2, 0) is 9.59 Å². The Kier molecular flexibility index (Phi) is 27.3. The van der Waals surface area contributed by atoms with Crippen LogP contribution in [0.1, 0.15) is 6.92 Å². The van der Waals surface area contributed by atoms with Crippen molar-refractivity contribution in [1.82, 2.24) is 0 Å². The molecule has 0 aliphatic heterocycles. The molecule has 0 radical (unpaired) electrons. The molecule has 0 saturated carbocycles. The lowest BCUT2D eigenvalue weighted by atomic mass is 10.8. The van der Waals surface area contributed by atoms with Crippen molar-refractivity contribution in [2.75, 3.05) is 17.3 Å². The van der Waals surface area contributed by atoms with Gasteiger partial charge >= 0.3 is 11.9 Å². The molecule has 0 fully saturated rings. The Hall–Kier alpha value is 0.300. The molecule has 0 saturated heterocycles. The monoisotopic (exact) mass is 294 g/mol. The zero-order valence-corrected chi connectivity index (χ0v) is 11.4. The van der Waals surface area contributed by atoms with E-state index in [2.05, 4.69) is 25.3 Å². The average Bonchev–Trinajstić information content (AvgIpc) is 2.20. The first kappa shape index (κ1) is 20.7. The van der Waals surface area contributed by atoms with Gasteiger partial charge in [0, 0.05) is 5.75 Å². The van der Waals surface area contributed by atoms with E-state index >= 15 is 0 Å². The fourth-order valence-electron chi connectivity index (χ4n) is 0.0527. The van der Waals surface area contributed by atoms with Crippen LogP contribution in [0.3, 0.4) is 0 Å². The van der Waals surface area contributed by atoms with Crippen molar-refractivity contribution in [1.29, 1.82) is 0 Å². The van der Waals surface area contributed by atoms with E-state index in [9.17, 15) is 9.59 Å². The van der Waals surface area contributed by atoms with Crippen molar-refractivity contribution in [3.63, 3.8) is 0 Å². The van der Waals surface area contributed by atoms with Gasteiger partial charge in [-0.25, -0.2) is 0 Å². The van der Waals surface area contributed by atoms with Crippen LogP contribution >= 0.6 is 47.1 Å². The first-order chi connectivity index (χ1) is 6.95. The Morgan fingerprint density at radius 3 is 1.40 bits per heavy atom. The minimum Gasteiger partial charge on any atom is -0.481 e. The van der Waals surface area contributed by atoms with Gasteiger partial charge in [0.05, 0.1) is 22.6 Å². The zero-order valence-electron chi connectivity index (χ0n) is 7.99. The molecule has 0 aromatic carbocycles. The third-order valence-corrected chi connectivity index (χ3v) is 2.35. The van der Waals surface area contributed by atoms with Crippen LogP contribution in [-0.4, -0.2) is 44.0 Å². The molecule has 0 spiro atoms. The smallest absolute Gasteiger partial charge is 0.313 e. The van der Waals surface area contributed by atoms with Crippen LogP contribution in [0, 0.1) is 0 Å². The fourth-order valence-corrected chi connectivity index (χ4v) is 0.474. The summed E-state index contributed by atoms with van der Waals surface area (Å²) in [5.41, 5.74) is 0. The first-order valence-electron chi connectivity index (χ1n) is 3.54. The van der Waals surface area contributed by atoms with E-state index < -0.39 is 11.9 Å². The first-order valence-corrected chi connectivity index (χ1v) is 7.08. The van der Waals surface area contributed by atoms with Gasteiger partial charge in [0.2, 0.25) is 0 Å². The number of aliphatic carboxylic acids is 2. The van der Waals surface area contributed by atoms with Crippen molar-refractivity contribution in [2.45, 2.75) is 6.92 Å². The van der Waals surface area contributed by atoms with E-state index in [1.807, 2.05) is 6.92 Å². The molecule has 0 heterocycles. The molecule has 0 aliphatic carbocycles. The van der Waals surface area contributed by atoms with Crippen molar-refractivity contribution >= 4 is 59.1 Å². The van der Waals surface area contributed by atoms with Gasteiger partial charge < -0.3 is 14.8 Å². The lowest BCUT2D eigenvalue weighted by Crippen LogP contribution is -1.92. The predicted octanol–water partition coefficient (Wildman–Crippen LogP) is 1.86. The highest BCUT2D eigenvalue weighted by Crippen LogP contribution is 2.13. The van der Waals surface area contributed by atoms with Gasteiger partial charge in [-0.2, -0.15) is 25.3 Å². The minimum atomic E-state index is -0.881. The van der Waals surface area contributed by atoms with E-state index in [0.717, 1.165) is 16.8 Å². The summed E-state index contributed by atoms with van der Waals surface area (Å²) in [5.74, 6) is -0.956. The normalized spacial score (nSPS) is 7.73. The van der Waals surface area contributed by atoms with Crippen LogP contribution in [0.15, 0.2) is 0 Å². The summed E-state index contributed by atoms with van der Waals surface area (Å²) in [5, 5.41) is 15.3. The quantitative estimate of drug-likeness (QED) is 0.307. The van der Waals surface area contributed by atoms with Gasteiger partial charge in [-0.1, -0.05) is 17.7 Å². The van der Waals surface area contributed by atoms with Gasteiger partial charge in [-0.3, -0.25) is 9.59 Å². The van der Waals surface area contributed by atoms with E-state index in [4.69, 9.17) is 14.8 Å². The van der Waals surface area contributed by atoms with Gasteiger partial charge in [0.15, 0.2) is 0 Å². The molecule has 0 aromatic rings. The molecule has 0 aromatic heterocycles. The topological polar surface area (TPSA) is 94.8 Å². The van der Waals surface area contributed by atoms with Gasteiger partial charge in [-0.05, 0) is 0 Å². The number of hydrogen-bond donors (Lipinski definition) is 5. The number of carboxylic acids is 2. The number of carboxylic acid groups (broad SMARTS) is 2.